The highest BCUT2D eigenvalue weighted by Crippen LogP contribution is 1.95. The van der Waals surface area contributed by atoms with Gasteiger partial charge in [-0.15, -0.1) is 0 Å². The van der Waals surface area contributed by atoms with Crippen LogP contribution in [-0.2, 0) is 4.79 Å². The van der Waals surface area contributed by atoms with Crippen molar-refractivity contribution in [3.8, 4) is 0 Å². The van der Waals surface area contributed by atoms with Crippen LogP contribution in [0.1, 0.15) is 33.6 Å². The molecule has 10 heavy (non-hydrogen) atoms. The van der Waals surface area contributed by atoms with Crippen molar-refractivity contribution in [2.45, 2.75) is 33.6 Å². The van der Waals surface area contributed by atoms with Gasteiger partial charge < -0.3 is 4.90 Å². The van der Waals surface area contributed by atoms with E-state index in [1.165, 1.54) is 0 Å². The summed E-state index contributed by atoms with van der Waals surface area (Å²) in [4.78, 5) is 13.0. The largest absolute Gasteiger partial charge is 0.343 e. The molecule has 2 heteroatoms. The highest BCUT2D eigenvalue weighted by Gasteiger charge is 2.05. The van der Waals surface area contributed by atoms with E-state index < -0.39 is 0 Å². The molecule has 0 heterocycles. The molecule has 60 valence electrons. The van der Waals surface area contributed by atoms with E-state index in [9.17, 15) is 4.79 Å². The Morgan fingerprint density at radius 2 is 1.70 bits per heavy atom. The molecule has 0 aromatic carbocycles. The lowest BCUT2D eigenvalue weighted by Crippen LogP contribution is -2.29. The van der Waals surface area contributed by atoms with Gasteiger partial charge in [0.1, 0.15) is 0 Å². The molecule has 0 N–H and O–H groups in total. The highest BCUT2D eigenvalue weighted by atomic mass is 16.2. The molecule has 0 spiro atoms. The first-order valence-corrected chi connectivity index (χ1v) is 4.04. The molecule has 0 radical (unpaired) electrons. The zero-order chi connectivity index (χ0) is 7.98. The predicted molar refractivity (Wildman–Crippen MR) is 42.8 cm³/mol. The van der Waals surface area contributed by atoms with E-state index in [1.54, 1.807) is 0 Å². The van der Waals surface area contributed by atoms with Gasteiger partial charge in [0.15, 0.2) is 0 Å². The zero-order valence-corrected chi connectivity index (χ0v) is 7.18. The van der Waals surface area contributed by atoms with Crippen molar-refractivity contribution in [1.82, 2.24) is 4.90 Å². The maximum absolute atomic E-state index is 11.1. The summed E-state index contributed by atoms with van der Waals surface area (Å²) in [6.07, 6.45) is 1.65. The maximum Gasteiger partial charge on any atom is 0.222 e. The van der Waals surface area contributed by atoms with E-state index in [0.29, 0.717) is 6.42 Å². The molecule has 2 nitrogen and oxygen atoms in total. The summed E-state index contributed by atoms with van der Waals surface area (Å²) in [6, 6.07) is 0. The number of amides is 1. The van der Waals surface area contributed by atoms with Crippen LogP contribution in [0.2, 0.25) is 0 Å². The minimum atomic E-state index is 0.285. The SMILES string of the molecule is CCCC(=O)N(CC)CC. The van der Waals surface area contributed by atoms with E-state index in [1.807, 2.05) is 25.7 Å². The molecule has 0 fully saturated rings. The number of carbonyl (C=O) groups excluding carboxylic acids is 1. The van der Waals surface area contributed by atoms with Crippen molar-refractivity contribution < 1.29 is 4.79 Å². The first kappa shape index (κ1) is 9.47. The Balaban J connectivity index is 3.65. The van der Waals surface area contributed by atoms with Gasteiger partial charge >= 0.3 is 0 Å². The number of rotatable bonds is 4. The molecule has 0 aliphatic carbocycles. The average Bonchev–Trinajstić information content (AvgIpc) is 1.91. The fraction of sp³-hybridized carbons (Fsp3) is 0.875. The summed E-state index contributed by atoms with van der Waals surface area (Å²) >= 11 is 0. The summed E-state index contributed by atoms with van der Waals surface area (Å²) in [5, 5.41) is 0. The van der Waals surface area contributed by atoms with Crippen LogP contribution in [-0.4, -0.2) is 23.9 Å². The predicted octanol–water partition coefficient (Wildman–Crippen LogP) is 1.65. The van der Waals surface area contributed by atoms with Crippen LogP contribution in [0.25, 0.3) is 0 Å². The van der Waals surface area contributed by atoms with Crippen molar-refractivity contribution in [2.24, 2.45) is 0 Å². The molecule has 0 unspecified atom stereocenters. The molecule has 1 amide bonds. The Morgan fingerprint density at radius 3 is 2.00 bits per heavy atom. The fourth-order valence-corrected chi connectivity index (χ4v) is 0.948. The summed E-state index contributed by atoms with van der Waals surface area (Å²) in [5.41, 5.74) is 0. The average molecular weight is 143 g/mol. The molecule has 0 saturated carbocycles. The van der Waals surface area contributed by atoms with Gasteiger partial charge in [-0.2, -0.15) is 0 Å². The van der Waals surface area contributed by atoms with Crippen LogP contribution in [0.4, 0.5) is 0 Å². The molecular formula is C8H17NO. The van der Waals surface area contributed by atoms with Crippen LogP contribution in [0.3, 0.4) is 0 Å². The van der Waals surface area contributed by atoms with Crippen molar-refractivity contribution >= 4 is 5.91 Å². The second-order valence-corrected chi connectivity index (χ2v) is 2.32. The number of hydrogen-bond donors (Lipinski definition) is 0. The second-order valence-electron chi connectivity index (χ2n) is 2.32. The van der Waals surface area contributed by atoms with Crippen molar-refractivity contribution in [3.05, 3.63) is 0 Å². The van der Waals surface area contributed by atoms with E-state index in [4.69, 9.17) is 0 Å². The Labute approximate surface area is 63.2 Å². The summed E-state index contributed by atoms with van der Waals surface area (Å²) in [5.74, 6) is 0.285. The number of nitrogens with zero attached hydrogens (tertiary/aromatic N) is 1. The van der Waals surface area contributed by atoms with E-state index in [-0.39, 0.29) is 5.91 Å². The van der Waals surface area contributed by atoms with Gasteiger partial charge in [0.05, 0.1) is 0 Å². The van der Waals surface area contributed by atoms with Crippen molar-refractivity contribution in [2.75, 3.05) is 13.1 Å². The molecule has 0 aliphatic rings. The van der Waals surface area contributed by atoms with Crippen molar-refractivity contribution in [3.63, 3.8) is 0 Å². The van der Waals surface area contributed by atoms with Crippen LogP contribution < -0.4 is 0 Å². The quantitative estimate of drug-likeness (QED) is 0.586. The van der Waals surface area contributed by atoms with Crippen LogP contribution in [0, 0.1) is 0 Å². The van der Waals surface area contributed by atoms with E-state index in [2.05, 4.69) is 0 Å². The summed E-state index contributed by atoms with van der Waals surface area (Å²) in [6.45, 7) is 7.74. The lowest BCUT2D eigenvalue weighted by Gasteiger charge is -2.17. The van der Waals surface area contributed by atoms with Gasteiger partial charge in [0, 0.05) is 19.5 Å². The lowest BCUT2D eigenvalue weighted by atomic mass is 10.3. The number of carbonyl (C=O) groups is 1. The van der Waals surface area contributed by atoms with Gasteiger partial charge in [0.2, 0.25) is 5.91 Å². The third kappa shape index (κ3) is 2.85. The molecule has 0 rings (SSSR count). The fourth-order valence-electron chi connectivity index (χ4n) is 0.948. The van der Waals surface area contributed by atoms with E-state index >= 15 is 0 Å². The Kier molecular flexibility index (Phi) is 4.99. The minimum absolute atomic E-state index is 0.285. The molecule has 0 aromatic heterocycles. The first-order chi connectivity index (χ1) is 4.76. The molecule has 0 aliphatic heterocycles. The van der Waals surface area contributed by atoms with Crippen LogP contribution in [0.5, 0.6) is 0 Å². The molecule has 0 bridgehead atoms. The minimum Gasteiger partial charge on any atom is -0.343 e. The molecule has 0 aromatic rings. The normalized spacial score (nSPS) is 9.50. The highest BCUT2D eigenvalue weighted by molar-refractivity contribution is 5.75. The first-order valence-electron chi connectivity index (χ1n) is 4.04. The number of hydrogen-bond acceptors (Lipinski definition) is 1. The van der Waals surface area contributed by atoms with Gasteiger partial charge in [0.25, 0.3) is 0 Å². The Morgan fingerprint density at radius 1 is 1.20 bits per heavy atom. The maximum atomic E-state index is 11.1. The molecule has 0 saturated heterocycles. The van der Waals surface area contributed by atoms with Gasteiger partial charge in [-0.3, -0.25) is 4.79 Å². The summed E-state index contributed by atoms with van der Waals surface area (Å²) in [7, 11) is 0. The van der Waals surface area contributed by atoms with E-state index in [0.717, 1.165) is 19.5 Å². The van der Waals surface area contributed by atoms with Gasteiger partial charge in [-0.1, -0.05) is 6.92 Å². The third-order valence-corrected chi connectivity index (χ3v) is 1.58. The molecule has 0 atom stereocenters. The monoisotopic (exact) mass is 143 g/mol. The van der Waals surface area contributed by atoms with Gasteiger partial charge in [-0.25, -0.2) is 0 Å². The topological polar surface area (TPSA) is 20.3 Å². The zero-order valence-electron chi connectivity index (χ0n) is 7.18. The lowest BCUT2D eigenvalue weighted by molar-refractivity contribution is -0.130. The standard InChI is InChI=1S/C8H17NO/c1-4-7-8(10)9(5-2)6-3/h4-7H2,1-3H3. The summed E-state index contributed by atoms with van der Waals surface area (Å²) < 4.78 is 0. The van der Waals surface area contributed by atoms with Gasteiger partial charge in [-0.05, 0) is 20.3 Å². The molecular weight excluding hydrogens is 126 g/mol. The van der Waals surface area contributed by atoms with Crippen LogP contribution in [0.15, 0.2) is 0 Å². The Bertz CT molecular complexity index is 97.4. The Hall–Kier alpha value is -0.530. The smallest absolute Gasteiger partial charge is 0.222 e. The van der Waals surface area contributed by atoms with Crippen LogP contribution >= 0.6 is 0 Å². The van der Waals surface area contributed by atoms with Crippen molar-refractivity contribution in [1.29, 1.82) is 0 Å². The second kappa shape index (κ2) is 5.27. The third-order valence-electron chi connectivity index (χ3n) is 1.58.